The summed E-state index contributed by atoms with van der Waals surface area (Å²) in [6, 6.07) is 17.4. The summed E-state index contributed by atoms with van der Waals surface area (Å²) in [5.74, 6) is 1.23. The predicted molar refractivity (Wildman–Crippen MR) is 115 cm³/mol. The van der Waals surface area contributed by atoms with E-state index in [-0.39, 0.29) is 11.8 Å². The smallest absolute Gasteiger partial charge is 0.258 e. The zero-order valence-corrected chi connectivity index (χ0v) is 16.7. The van der Waals surface area contributed by atoms with Crippen LogP contribution in [-0.4, -0.2) is 35.6 Å². The quantitative estimate of drug-likeness (QED) is 0.681. The van der Waals surface area contributed by atoms with E-state index in [4.69, 9.17) is 14.7 Å². The number of benzene rings is 2. The van der Waals surface area contributed by atoms with E-state index < -0.39 is 0 Å². The van der Waals surface area contributed by atoms with Gasteiger partial charge in [0.25, 0.3) is 5.88 Å². The van der Waals surface area contributed by atoms with Crippen LogP contribution < -0.4 is 15.0 Å². The molecule has 0 radical (unpaired) electrons. The molecule has 1 amide bonds. The number of hydrogen-bond donors (Lipinski definition) is 1. The summed E-state index contributed by atoms with van der Waals surface area (Å²) in [6.07, 6.45) is 2.69. The summed E-state index contributed by atoms with van der Waals surface area (Å²) >= 11 is 0. The number of amides is 1. The molecule has 0 unspecified atom stereocenters. The monoisotopic (exact) mass is 390 g/mol. The third-order valence-electron chi connectivity index (χ3n) is 5.10. The Balaban J connectivity index is 1.56. The van der Waals surface area contributed by atoms with E-state index in [1.165, 1.54) is 0 Å². The minimum Gasteiger partial charge on any atom is -0.475 e. The molecule has 150 valence electrons. The molecule has 1 aromatic heterocycles. The Morgan fingerprint density at radius 1 is 1.10 bits per heavy atom. The number of rotatable bonds is 6. The van der Waals surface area contributed by atoms with Crippen LogP contribution in [0.1, 0.15) is 26.2 Å². The summed E-state index contributed by atoms with van der Waals surface area (Å²) in [4.78, 5) is 24.5. The number of anilines is 2. The number of nitrogens with zero attached hydrogens (tertiary/aromatic N) is 3. The molecule has 2 aromatic carbocycles. The molecule has 6 nitrogen and oxygen atoms in total. The van der Waals surface area contributed by atoms with Crippen molar-refractivity contribution in [3.8, 4) is 5.88 Å². The molecule has 1 saturated heterocycles. The summed E-state index contributed by atoms with van der Waals surface area (Å²) in [5.41, 5.74) is 2.48. The number of para-hydroxylation sites is 3. The third-order valence-corrected chi connectivity index (χ3v) is 5.10. The van der Waals surface area contributed by atoms with Crippen LogP contribution in [-0.2, 0) is 4.79 Å². The number of nitrogens with one attached hydrogen (secondary N) is 1. The van der Waals surface area contributed by atoms with Crippen molar-refractivity contribution in [2.45, 2.75) is 26.2 Å². The second kappa shape index (κ2) is 8.90. The molecule has 2 heterocycles. The number of piperidine rings is 1. The van der Waals surface area contributed by atoms with Crippen molar-refractivity contribution in [1.29, 1.82) is 0 Å². The van der Waals surface area contributed by atoms with Gasteiger partial charge < -0.3 is 15.0 Å². The summed E-state index contributed by atoms with van der Waals surface area (Å²) in [6.45, 7) is 4.10. The fraction of sp³-hybridized carbons (Fsp3) is 0.348. The van der Waals surface area contributed by atoms with Crippen LogP contribution in [0.3, 0.4) is 0 Å². The molecule has 1 aliphatic heterocycles. The molecular weight excluding hydrogens is 364 g/mol. The van der Waals surface area contributed by atoms with Gasteiger partial charge in [0.2, 0.25) is 5.91 Å². The van der Waals surface area contributed by atoms with Crippen molar-refractivity contribution in [2.24, 2.45) is 5.92 Å². The molecule has 1 N–H and O–H groups in total. The molecule has 4 rings (SSSR count). The second-order valence-corrected chi connectivity index (χ2v) is 7.33. The van der Waals surface area contributed by atoms with Crippen molar-refractivity contribution in [1.82, 2.24) is 9.97 Å². The maximum atomic E-state index is 12.8. The standard InChI is InChI=1S/C23H26N4O2/c1-2-15-29-23-21(25-19-12-6-7-13-20(19)26-23)27-14-8-9-17(16-27)22(28)24-18-10-4-3-5-11-18/h3-7,10-13,17H,2,8-9,14-16H2,1H3,(H,24,28)/t17-/m1/s1. The predicted octanol–water partition coefficient (Wildman–Crippen LogP) is 4.27. The second-order valence-electron chi connectivity index (χ2n) is 7.33. The van der Waals surface area contributed by atoms with Gasteiger partial charge in [-0.2, -0.15) is 0 Å². The van der Waals surface area contributed by atoms with Crippen LogP contribution in [0.25, 0.3) is 11.0 Å². The molecule has 3 aromatic rings. The average Bonchev–Trinajstić information content (AvgIpc) is 2.78. The van der Waals surface area contributed by atoms with Crippen LogP contribution in [0.2, 0.25) is 0 Å². The maximum Gasteiger partial charge on any atom is 0.258 e. The van der Waals surface area contributed by atoms with E-state index in [0.29, 0.717) is 19.0 Å². The summed E-state index contributed by atoms with van der Waals surface area (Å²) in [7, 11) is 0. The van der Waals surface area contributed by atoms with E-state index in [0.717, 1.165) is 48.3 Å². The van der Waals surface area contributed by atoms with E-state index >= 15 is 0 Å². The first-order valence-corrected chi connectivity index (χ1v) is 10.2. The van der Waals surface area contributed by atoms with Gasteiger partial charge in [-0.05, 0) is 43.5 Å². The highest BCUT2D eigenvalue weighted by molar-refractivity contribution is 5.93. The largest absolute Gasteiger partial charge is 0.475 e. The number of fused-ring (bicyclic) bond motifs is 1. The zero-order valence-electron chi connectivity index (χ0n) is 16.7. The Bertz CT molecular complexity index is 977. The number of hydrogen-bond acceptors (Lipinski definition) is 5. The SMILES string of the molecule is CCCOc1nc2ccccc2nc1N1CCC[C@@H](C(=O)Nc2ccccc2)C1. The van der Waals surface area contributed by atoms with Gasteiger partial charge in [-0.25, -0.2) is 9.97 Å². The van der Waals surface area contributed by atoms with E-state index in [1.807, 2.05) is 54.6 Å². The highest BCUT2D eigenvalue weighted by atomic mass is 16.5. The molecule has 1 aliphatic rings. The molecule has 1 fully saturated rings. The summed E-state index contributed by atoms with van der Waals surface area (Å²) < 4.78 is 5.92. The molecular formula is C23H26N4O2. The lowest BCUT2D eigenvalue weighted by Crippen LogP contribution is -2.41. The van der Waals surface area contributed by atoms with Crippen molar-refractivity contribution in [3.05, 3.63) is 54.6 Å². The minimum absolute atomic E-state index is 0.0469. The van der Waals surface area contributed by atoms with Gasteiger partial charge in [0.05, 0.1) is 23.6 Å². The Kier molecular flexibility index (Phi) is 5.89. The maximum absolute atomic E-state index is 12.8. The normalized spacial score (nSPS) is 16.6. The fourth-order valence-electron chi connectivity index (χ4n) is 3.63. The molecule has 1 atom stereocenters. The Morgan fingerprint density at radius 2 is 1.83 bits per heavy atom. The Hall–Kier alpha value is -3.15. The van der Waals surface area contributed by atoms with Gasteiger partial charge in [-0.3, -0.25) is 4.79 Å². The third kappa shape index (κ3) is 4.47. The van der Waals surface area contributed by atoms with Gasteiger partial charge >= 0.3 is 0 Å². The highest BCUT2D eigenvalue weighted by Crippen LogP contribution is 2.31. The van der Waals surface area contributed by atoms with Crippen molar-refractivity contribution >= 4 is 28.4 Å². The average molecular weight is 390 g/mol. The van der Waals surface area contributed by atoms with Crippen LogP contribution in [0, 0.1) is 5.92 Å². The lowest BCUT2D eigenvalue weighted by molar-refractivity contribution is -0.120. The van der Waals surface area contributed by atoms with Gasteiger partial charge in [0, 0.05) is 18.8 Å². The number of aromatic nitrogens is 2. The highest BCUT2D eigenvalue weighted by Gasteiger charge is 2.29. The lowest BCUT2D eigenvalue weighted by Gasteiger charge is -2.33. The van der Waals surface area contributed by atoms with Crippen LogP contribution in [0.4, 0.5) is 11.5 Å². The van der Waals surface area contributed by atoms with E-state index in [9.17, 15) is 4.79 Å². The van der Waals surface area contributed by atoms with Crippen molar-refractivity contribution in [2.75, 3.05) is 29.9 Å². The minimum atomic E-state index is -0.101. The first-order valence-electron chi connectivity index (χ1n) is 10.2. The molecule has 6 heteroatoms. The van der Waals surface area contributed by atoms with Gasteiger partial charge in [0.15, 0.2) is 5.82 Å². The Morgan fingerprint density at radius 3 is 2.59 bits per heavy atom. The molecule has 0 bridgehead atoms. The van der Waals surface area contributed by atoms with Crippen molar-refractivity contribution in [3.63, 3.8) is 0 Å². The molecule has 0 spiro atoms. The fourth-order valence-corrected chi connectivity index (χ4v) is 3.63. The van der Waals surface area contributed by atoms with E-state index in [1.54, 1.807) is 0 Å². The number of carbonyl (C=O) groups is 1. The molecule has 29 heavy (non-hydrogen) atoms. The van der Waals surface area contributed by atoms with Crippen LogP contribution in [0.5, 0.6) is 5.88 Å². The first-order chi connectivity index (χ1) is 14.2. The van der Waals surface area contributed by atoms with Gasteiger partial charge in [-0.15, -0.1) is 0 Å². The number of ether oxygens (including phenoxy) is 1. The van der Waals surface area contributed by atoms with Gasteiger partial charge in [-0.1, -0.05) is 37.3 Å². The lowest BCUT2D eigenvalue weighted by atomic mass is 9.97. The topological polar surface area (TPSA) is 67.4 Å². The van der Waals surface area contributed by atoms with Gasteiger partial charge in [0.1, 0.15) is 0 Å². The first kappa shape index (κ1) is 19.2. The Labute approximate surface area is 170 Å². The van der Waals surface area contributed by atoms with E-state index in [2.05, 4.69) is 17.1 Å². The summed E-state index contributed by atoms with van der Waals surface area (Å²) in [5, 5.41) is 3.03. The van der Waals surface area contributed by atoms with Crippen LogP contribution in [0.15, 0.2) is 54.6 Å². The molecule has 0 aliphatic carbocycles. The van der Waals surface area contributed by atoms with Crippen molar-refractivity contribution < 1.29 is 9.53 Å². The number of carbonyl (C=O) groups excluding carboxylic acids is 1. The zero-order chi connectivity index (χ0) is 20.1. The van der Waals surface area contributed by atoms with Crippen LogP contribution >= 0.6 is 0 Å². The molecule has 0 saturated carbocycles.